The minimum Gasteiger partial charge on any atom is -0.329 e. The second-order valence-electron chi connectivity index (χ2n) is 1.90. The SMILES string of the molecule is CC(=O)NC1=NC(=O)NC1. The monoisotopic (exact) mass is 141 g/mol. The van der Waals surface area contributed by atoms with Gasteiger partial charge in [-0.25, -0.2) is 4.79 Å². The predicted octanol–water partition coefficient (Wildman–Crippen LogP) is -0.756. The number of rotatable bonds is 0. The predicted molar refractivity (Wildman–Crippen MR) is 34.7 cm³/mol. The Kier molecular flexibility index (Phi) is 1.66. The van der Waals surface area contributed by atoms with Crippen LogP contribution in [0.1, 0.15) is 6.92 Å². The molecule has 3 amide bonds. The van der Waals surface area contributed by atoms with Crippen LogP contribution in [0.25, 0.3) is 0 Å². The van der Waals surface area contributed by atoms with Crippen LogP contribution in [-0.2, 0) is 4.79 Å². The smallest absolute Gasteiger partial charge is 0.329 e. The molecule has 0 aliphatic carbocycles. The molecule has 0 radical (unpaired) electrons. The van der Waals surface area contributed by atoms with Crippen molar-refractivity contribution in [2.75, 3.05) is 6.54 Å². The Morgan fingerprint density at radius 3 is 2.90 bits per heavy atom. The Morgan fingerprint density at radius 2 is 2.50 bits per heavy atom. The number of carbonyl (C=O) groups excluding carboxylic acids is 2. The first kappa shape index (κ1) is 6.73. The van der Waals surface area contributed by atoms with Gasteiger partial charge in [0.25, 0.3) is 0 Å². The van der Waals surface area contributed by atoms with Crippen LogP contribution in [0.15, 0.2) is 4.99 Å². The van der Waals surface area contributed by atoms with E-state index in [1.54, 1.807) is 0 Å². The quantitative estimate of drug-likeness (QED) is 0.465. The number of urea groups is 1. The topological polar surface area (TPSA) is 70.6 Å². The molecule has 1 heterocycles. The van der Waals surface area contributed by atoms with E-state index in [0.717, 1.165) is 0 Å². The highest BCUT2D eigenvalue weighted by atomic mass is 16.2. The van der Waals surface area contributed by atoms with Gasteiger partial charge in [-0.05, 0) is 0 Å². The first-order chi connectivity index (χ1) is 4.68. The Balaban J connectivity index is 2.50. The number of hydrogen-bond acceptors (Lipinski definition) is 2. The lowest BCUT2D eigenvalue weighted by Gasteiger charge is -1.95. The number of nitrogens with one attached hydrogen (secondary N) is 2. The molecule has 0 aromatic carbocycles. The van der Waals surface area contributed by atoms with Crippen LogP contribution in [0, 0.1) is 0 Å². The van der Waals surface area contributed by atoms with Crippen LogP contribution in [0.2, 0.25) is 0 Å². The highest BCUT2D eigenvalue weighted by Crippen LogP contribution is 1.85. The zero-order valence-electron chi connectivity index (χ0n) is 5.47. The van der Waals surface area contributed by atoms with E-state index >= 15 is 0 Å². The number of carbonyl (C=O) groups is 2. The summed E-state index contributed by atoms with van der Waals surface area (Å²) in [5, 5.41) is 4.82. The molecule has 54 valence electrons. The summed E-state index contributed by atoms with van der Waals surface area (Å²) < 4.78 is 0. The first-order valence-electron chi connectivity index (χ1n) is 2.81. The second kappa shape index (κ2) is 2.47. The number of nitrogens with zero attached hydrogens (tertiary/aromatic N) is 1. The fourth-order valence-electron chi connectivity index (χ4n) is 0.636. The molecule has 0 spiro atoms. The van der Waals surface area contributed by atoms with E-state index in [1.165, 1.54) is 6.92 Å². The molecule has 0 aromatic heterocycles. The van der Waals surface area contributed by atoms with Gasteiger partial charge in [0.15, 0.2) is 0 Å². The molecular formula is C5H7N3O2. The molecule has 0 saturated heterocycles. The summed E-state index contributed by atoms with van der Waals surface area (Å²) in [5.41, 5.74) is 0. The van der Waals surface area contributed by atoms with Crippen LogP contribution in [0.3, 0.4) is 0 Å². The van der Waals surface area contributed by atoms with E-state index in [0.29, 0.717) is 12.4 Å². The molecule has 0 saturated carbocycles. The van der Waals surface area contributed by atoms with Crippen molar-refractivity contribution >= 4 is 17.8 Å². The Labute approximate surface area is 57.5 Å². The standard InChI is InChI=1S/C5H7N3O2/c1-3(9)7-4-2-6-5(10)8-4/h2H2,1H3,(H2,6,7,8,9,10). The normalized spacial score (nSPS) is 16.1. The fourth-order valence-corrected chi connectivity index (χ4v) is 0.636. The van der Waals surface area contributed by atoms with Crippen LogP contribution < -0.4 is 10.6 Å². The van der Waals surface area contributed by atoms with Crippen molar-refractivity contribution in [2.45, 2.75) is 6.92 Å². The second-order valence-corrected chi connectivity index (χ2v) is 1.90. The lowest BCUT2D eigenvalue weighted by Crippen LogP contribution is -2.31. The van der Waals surface area contributed by atoms with Crippen LogP contribution in [0.5, 0.6) is 0 Å². The molecule has 2 N–H and O–H groups in total. The Hall–Kier alpha value is -1.39. The number of amidine groups is 1. The van der Waals surface area contributed by atoms with Crippen molar-refractivity contribution in [1.82, 2.24) is 10.6 Å². The van der Waals surface area contributed by atoms with Crippen molar-refractivity contribution < 1.29 is 9.59 Å². The Morgan fingerprint density at radius 1 is 1.80 bits per heavy atom. The summed E-state index contributed by atoms with van der Waals surface area (Å²) in [6.07, 6.45) is 0. The van der Waals surface area contributed by atoms with E-state index < -0.39 is 6.03 Å². The van der Waals surface area contributed by atoms with Crippen molar-refractivity contribution in [3.63, 3.8) is 0 Å². The molecule has 0 bridgehead atoms. The van der Waals surface area contributed by atoms with E-state index in [2.05, 4.69) is 15.6 Å². The molecule has 0 fully saturated rings. The van der Waals surface area contributed by atoms with Crippen molar-refractivity contribution in [2.24, 2.45) is 4.99 Å². The van der Waals surface area contributed by atoms with Gasteiger partial charge in [-0.3, -0.25) is 4.79 Å². The van der Waals surface area contributed by atoms with Crippen molar-refractivity contribution in [1.29, 1.82) is 0 Å². The highest BCUT2D eigenvalue weighted by molar-refractivity contribution is 6.07. The molecule has 0 atom stereocenters. The number of hydrogen-bond donors (Lipinski definition) is 2. The lowest BCUT2D eigenvalue weighted by molar-refractivity contribution is -0.117. The third-order valence-corrected chi connectivity index (χ3v) is 0.964. The lowest BCUT2D eigenvalue weighted by atomic mass is 10.5. The molecule has 5 heteroatoms. The van der Waals surface area contributed by atoms with Crippen molar-refractivity contribution in [3.05, 3.63) is 0 Å². The first-order valence-corrected chi connectivity index (χ1v) is 2.81. The maximum Gasteiger partial charge on any atom is 0.343 e. The zero-order valence-corrected chi connectivity index (χ0v) is 5.47. The van der Waals surface area contributed by atoms with Crippen LogP contribution in [0.4, 0.5) is 4.79 Å². The van der Waals surface area contributed by atoms with Crippen LogP contribution in [-0.4, -0.2) is 24.3 Å². The van der Waals surface area contributed by atoms with E-state index in [-0.39, 0.29) is 5.91 Å². The molecule has 0 unspecified atom stereocenters. The molecule has 5 nitrogen and oxygen atoms in total. The van der Waals surface area contributed by atoms with Gasteiger partial charge in [0, 0.05) is 6.92 Å². The number of aliphatic imine (C=N–C) groups is 1. The molecule has 1 rings (SSSR count). The minimum atomic E-state index is -0.399. The number of amides is 3. The van der Waals surface area contributed by atoms with Gasteiger partial charge in [-0.1, -0.05) is 0 Å². The van der Waals surface area contributed by atoms with Gasteiger partial charge < -0.3 is 10.6 Å². The summed E-state index contributed by atoms with van der Waals surface area (Å²) in [7, 11) is 0. The van der Waals surface area contributed by atoms with Crippen molar-refractivity contribution in [3.8, 4) is 0 Å². The zero-order chi connectivity index (χ0) is 7.56. The van der Waals surface area contributed by atoms with Gasteiger partial charge in [0.05, 0.1) is 6.54 Å². The third kappa shape index (κ3) is 1.54. The minimum absolute atomic E-state index is 0.213. The maximum absolute atomic E-state index is 10.4. The molecule has 1 aliphatic heterocycles. The molecule has 1 aliphatic rings. The van der Waals surface area contributed by atoms with Gasteiger partial charge in [-0.2, -0.15) is 4.99 Å². The largest absolute Gasteiger partial charge is 0.343 e. The van der Waals surface area contributed by atoms with Crippen LogP contribution >= 0.6 is 0 Å². The molecular weight excluding hydrogens is 134 g/mol. The highest BCUT2D eigenvalue weighted by Gasteiger charge is 2.12. The summed E-state index contributed by atoms with van der Waals surface area (Å²) >= 11 is 0. The summed E-state index contributed by atoms with van der Waals surface area (Å²) in [6.45, 7) is 1.68. The van der Waals surface area contributed by atoms with Gasteiger partial charge in [0.2, 0.25) is 5.91 Å². The molecule has 0 aromatic rings. The Bertz CT molecular complexity index is 209. The third-order valence-electron chi connectivity index (χ3n) is 0.964. The fraction of sp³-hybridized carbons (Fsp3) is 0.400. The van der Waals surface area contributed by atoms with E-state index in [4.69, 9.17) is 0 Å². The van der Waals surface area contributed by atoms with Gasteiger partial charge >= 0.3 is 6.03 Å². The van der Waals surface area contributed by atoms with Gasteiger partial charge in [0.1, 0.15) is 5.84 Å². The summed E-state index contributed by atoms with van der Waals surface area (Å²) in [6, 6.07) is -0.399. The van der Waals surface area contributed by atoms with E-state index in [1.807, 2.05) is 0 Å². The maximum atomic E-state index is 10.4. The van der Waals surface area contributed by atoms with Gasteiger partial charge in [-0.15, -0.1) is 0 Å². The average molecular weight is 141 g/mol. The molecule has 10 heavy (non-hydrogen) atoms. The summed E-state index contributed by atoms with van der Waals surface area (Å²) in [5.74, 6) is 0.174. The average Bonchev–Trinajstić information content (AvgIpc) is 2.13. The van der Waals surface area contributed by atoms with E-state index in [9.17, 15) is 9.59 Å². The summed E-state index contributed by atoms with van der Waals surface area (Å²) in [4.78, 5) is 24.2.